The van der Waals surface area contributed by atoms with Crippen molar-refractivity contribution < 1.29 is 4.79 Å². The Morgan fingerprint density at radius 3 is 2.31 bits per heavy atom. The van der Waals surface area contributed by atoms with Crippen LogP contribution < -0.4 is 5.73 Å². The molecule has 1 fully saturated rings. The lowest BCUT2D eigenvalue weighted by Gasteiger charge is -2.24. The molecule has 3 unspecified atom stereocenters. The van der Waals surface area contributed by atoms with Crippen molar-refractivity contribution in [2.45, 2.75) is 39.8 Å². The molecule has 0 saturated carbocycles. The van der Waals surface area contributed by atoms with Crippen LogP contribution in [0.25, 0.3) is 0 Å². The predicted octanol–water partition coefficient (Wildman–Crippen LogP) is 0.837. The molecular weight excluding hydrogens is 164 g/mol. The number of carbonyl (C=O) groups is 1. The van der Waals surface area contributed by atoms with Crippen LogP contribution in [-0.4, -0.2) is 29.4 Å². The van der Waals surface area contributed by atoms with Crippen molar-refractivity contribution in [3.8, 4) is 0 Å². The fourth-order valence-corrected chi connectivity index (χ4v) is 1.96. The molecule has 76 valence electrons. The van der Waals surface area contributed by atoms with Gasteiger partial charge in [-0.2, -0.15) is 0 Å². The highest BCUT2D eigenvalue weighted by Gasteiger charge is 2.40. The molecular formula is C10H20N2O. The van der Waals surface area contributed by atoms with Crippen molar-refractivity contribution in [2.75, 3.05) is 6.54 Å². The van der Waals surface area contributed by atoms with E-state index in [1.807, 2.05) is 18.7 Å². The van der Waals surface area contributed by atoms with E-state index in [4.69, 9.17) is 5.73 Å². The summed E-state index contributed by atoms with van der Waals surface area (Å²) in [5, 5.41) is 0. The standard InChI is InChI=1S/C10H20N2O/c1-6(11)5-12-9(4)7(2)8(3)10(12)13/h6-9H,5,11H2,1-4H3/t6-,7?,8?,9?/m0/s1. The number of hydrogen-bond donors (Lipinski definition) is 1. The van der Waals surface area contributed by atoms with Gasteiger partial charge in [0, 0.05) is 24.5 Å². The van der Waals surface area contributed by atoms with Crippen LogP contribution >= 0.6 is 0 Å². The van der Waals surface area contributed by atoms with E-state index in [0.717, 1.165) is 0 Å². The van der Waals surface area contributed by atoms with Crippen molar-refractivity contribution in [3.63, 3.8) is 0 Å². The Kier molecular flexibility index (Phi) is 2.96. The molecule has 4 atom stereocenters. The van der Waals surface area contributed by atoms with Gasteiger partial charge in [0.15, 0.2) is 0 Å². The summed E-state index contributed by atoms with van der Waals surface area (Å²) in [6.45, 7) is 8.87. The van der Waals surface area contributed by atoms with Gasteiger partial charge < -0.3 is 10.6 Å². The number of nitrogens with zero attached hydrogens (tertiary/aromatic N) is 1. The Morgan fingerprint density at radius 1 is 1.46 bits per heavy atom. The Bertz CT molecular complexity index is 203. The topological polar surface area (TPSA) is 46.3 Å². The summed E-state index contributed by atoms with van der Waals surface area (Å²) in [6, 6.07) is 0.414. The summed E-state index contributed by atoms with van der Waals surface area (Å²) in [4.78, 5) is 13.6. The highest BCUT2D eigenvalue weighted by Crippen LogP contribution is 2.29. The molecule has 1 saturated heterocycles. The van der Waals surface area contributed by atoms with Crippen molar-refractivity contribution in [1.29, 1.82) is 0 Å². The lowest BCUT2D eigenvalue weighted by atomic mass is 9.95. The predicted molar refractivity (Wildman–Crippen MR) is 53.2 cm³/mol. The molecule has 2 N–H and O–H groups in total. The van der Waals surface area contributed by atoms with Crippen LogP contribution in [-0.2, 0) is 4.79 Å². The minimum Gasteiger partial charge on any atom is -0.338 e. The van der Waals surface area contributed by atoms with Gasteiger partial charge in [0.1, 0.15) is 0 Å². The highest BCUT2D eigenvalue weighted by molar-refractivity contribution is 5.81. The first-order valence-electron chi connectivity index (χ1n) is 5.01. The lowest BCUT2D eigenvalue weighted by Crippen LogP contribution is -2.41. The molecule has 0 aromatic rings. The third-order valence-corrected chi connectivity index (χ3v) is 3.20. The van der Waals surface area contributed by atoms with Crippen LogP contribution in [0.5, 0.6) is 0 Å². The zero-order valence-corrected chi connectivity index (χ0v) is 8.95. The molecule has 0 spiro atoms. The number of amides is 1. The monoisotopic (exact) mass is 184 g/mol. The van der Waals surface area contributed by atoms with E-state index < -0.39 is 0 Å². The van der Waals surface area contributed by atoms with Crippen molar-refractivity contribution in [1.82, 2.24) is 4.90 Å². The average Bonchev–Trinajstić information content (AvgIpc) is 2.22. The molecule has 1 amide bonds. The number of likely N-dealkylation sites (tertiary alicyclic amines) is 1. The third-order valence-electron chi connectivity index (χ3n) is 3.20. The number of hydrogen-bond acceptors (Lipinski definition) is 2. The van der Waals surface area contributed by atoms with E-state index in [1.54, 1.807) is 0 Å². The molecule has 0 radical (unpaired) electrons. The largest absolute Gasteiger partial charge is 0.338 e. The molecule has 0 aromatic heterocycles. The van der Waals surface area contributed by atoms with Gasteiger partial charge in [0.25, 0.3) is 0 Å². The van der Waals surface area contributed by atoms with Gasteiger partial charge in [-0.3, -0.25) is 4.79 Å². The summed E-state index contributed by atoms with van der Waals surface area (Å²) in [5.74, 6) is 0.872. The van der Waals surface area contributed by atoms with Crippen LogP contribution in [0.4, 0.5) is 0 Å². The van der Waals surface area contributed by atoms with Crippen molar-refractivity contribution in [3.05, 3.63) is 0 Å². The van der Waals surface area contributed by atoms with Crippen LogP contribution in [0.15, 0.2) is 0 Å². The fraction of sp³-hybridized carbons (Fsp3) is 0.900. The third kappa shape index (κ3) is 1.85. The summed E-state index contributed by atoms with van der Waals surface area (Å²) in [7, 11) is 0. The van der Waals surface area contributed by atoms with Gasteiger partial charge in [-0.25, -0.2) is 0 Å². The minimum atomic E-state index is 0.0731. The summed E-state index contributed by atoms with van der Waals surface area (Å²) in [5.41, 5.74) is 5.69. The van der Waals surface area contributed by atoms with Crippen molar-refractivity contribution >= 4 is 5.91 Å². The first kappa shape index (κ1) is 10.5. The van der Waals surface area contributed by atoms with E-state index in [1.165, 1.54) is 0 Å². The summed E-state index contributed by atoms with van der Waals surface area (Å²) >= 11 is 0. The second-order valence-electron chi connectivity index (χ2n) is 4.36. The van der Waals surface area contributed by atoms with Crippen molar-refractivity contribution in [2.24, 2.45) is 17.6 Å². The van der Waals surface area contributed by atoms with Gasteiger partial charge in [0.2, 0.25) is 5.91 Å². The van der Waals surface area contributed by atoms with Gasteiger partial charge >= 0.3 is 0 Å². The Balaban J connectivity index is 2.70. The fourth-order valence-electron chi connectivity index (χ4n) is 1.96. The number of nitrogens with two attached hydrogens (primary N) is 1. The average molecular weight is 184 g/mol. The first-order chi connectivity index (χ1) is 5.95. The molecule has 1 rings (SSSR count). The zero-order valence-electron chi connectivity index (χ0n) is 8.95. The zero-order chi connectivity index (χ0) is 10.2. The quantitative estimate of drug-likeness (QED) is 0.691. The molecule has 1 aliphatic heterocycles. The second-order valence-corrected chi connectivity index (χ2v) is 4.36. The molecule has 0 aliphatic carbocycles. The normalized spacial score (nSPS) is 36.8. The maximum absolute atomic E-state index is 11.7. The van der Waals surface area contributed by atoms with E-state index >= 15 is 0 Å². The Morgan fingerprint density at radius 2 is 2.00 bits per heavy atom. The van der Waals surface area contributed by atoms with Crippen LogP contribution in [0, 0.1) is 11.8 Å². The van der Waals surface area contributed by atoms with E-state index in [0.29, 0.717) is 18.5 Å². The van der Waals surface area contributed by atoms with E-state index in [9.17, 15) is 4.79 Å². The van der Waals surface area contributed by atoms with E-state index in [-0.39, 0.29) is 17.9 Å². The first-order valence-corrected chi connectivity index (χ1v) is 5.01. The maximum atomic E-state index is 11.7. The SMILES string of the molecule is CC1C(=O)N(C[C@H](C)N)C(C)C1C. The Hall–Kier alpha value is -0.570. The second kappa shape index (κ2) is 3.66. The number of rotatable bonds is 2. The summed E-state index contributed by atoms with van der Waals surface area (Å²) < 4.78 is 0. The molecule has 1 heterocycles. The van der Waals surface area contributed by atoms with Gasteiger partial charge in [0.05, 0.1) is 0 Å². The maximum Gasteiger partial charge on any atom is 0.226 e. The van der Waals surface area contributed by atoms with Crippen LogP contribution in [0.1, 0.15) is 27.7 Å². The molecule has 0 bridgehead atoms. The summed E-state index contributed by atoms with van der Waals surface area (Å²) in [6.07, 6.45) is 0. The Labute approximate surface area is 80.3 Å². The lowest BCUT2D eigenvalue weighted by molar-refractivity contribution is -0.131. The van der Waals surface area contributed by atoms with Gasteiger partial charge in [-0.1, -0.05) is 13.8 Å². The number of carbonyl (C=O) groups excluding carboxylic acids is 1. The smallest absolute Gasteiger partial charge is 0.226 e. The van der Waals surface area contributed by atoms with Crippen LogP contribution in [0.3, 0.4) is 0 Å². The van der Waals surface area contributed by atoms with Crippen LogP contribution in [0.2, 0.25) is 0 Å². The molecule has 1 aliphatic rings. The van der Waals surface area contributed by atoms with Gasteiger partial charge in [-0.15, -0.1) is 0 Å². The molecule has 0 aromatic carbocycles. The van der Waals surface area contributed by atoms with E-state index in [2.05, 4.69) is 13.8 Å². The minimum absolute atomic E-state index is 0.0731. The molecule has 3 heteroatoms. The molecule has 3 nitrogen and oxygen atoms in total. The highest BCUT2D eigenvalue weighted by atomic mass is 16.2. The van der Waals surface area contributed by atoms with Gasteiger partial charge in [-0.05, 0) is 19.8 Å². The molecule has 13 heavy (non-hydrogen) atoms.